The quantitative estimate of drug-likeness (QED) is 0.580. The molecule has 0 aromatic heterocycles. The molecule has 0 spiro atoms. The fraction of sp³-hybridized carbons (Fsp3) is 0.833. The lowest BCUT2D eigenvalue weighted by molar-refractivity contribution is -0.121. The summed E-state index contributed by atoms with van der Waals surface area (Å²) >= 11 is 4.97. The average Bonchev–Trinajstić information content (AvgIpc) is 2.14. The fourth-order valence-corrected chi connectivity index (χ4v) is 3.50. The van der Waals surface area contributed by atoms with E-state index in [-0.39, 0.29) is 24.3 Å². The summed E-state index contributed by atoms with van der Waals surface area (Å²) in [5.41, 5.74) is -0.527. The molecule has 0 unspecified atom stereocenters. The second-order valence-electron chi connectivity index (χ2n) is 5.47. The molecule has 0 aliphatic rings. The van der Waals surface area contributed by atoms with Crippen LogP contribution in [0.15, 0.2) is 0 Å². The molecule has 112 valence electrons. The van der Waals surface area contributed by atoms with E-state index < -0.39 is 24.1 Å². The molecular formula is C12H23O5PS. The van der Waals surface area contributed by atoms with E-state index >= 15 is 0 Å². The van der Waals surface area contributed by atoms with E-state index in [0.29, 0.717) is 0 Å². The van der Waals surface area contributed by atoms with Crippen molar-refractivity contribution >= 4 is 30.6 Å². The molecule has 0 saturated carbocycles. The first-order valence-electron chi connectivity index (χ1n) is 6.20. The van der Waals surface area contributed by atoms with Crippen LogP contribution in [0.5, 0.6) is 0 Å². The Labute approximate surface area is 119 Å². The zero-order valence-electron chi connectivity index (χ0n) is 12.1. The maximum atomic E-state index is 12.2. The van der Waals surface area contributed by atoms with Gasteiger partial charge in [-0.2, -0.15) is 0 Å². The van der Waals surface area contributed by atoms with Gasteiger partial charge in [0.15, 0.2) is 10.8 Å². The van der Waals surface area contributed by atoms with E-state index in [0.717, 1.165) is 0 Å². The van der Waals surface area contributed by atoms with Gasteiger partial charge in [-0.05, 0) is 45.8 Å². The van der Waals surface area contributed by atoms with Gasteiger partial charge in [0, 0.05) is 0 Å². The standard InChI is InChI=1S/C12H23O5PS/c1-6-12(7-2,18(14,15)16)9(13)8-10(19)17-11(3,4)5/h6-8H2,1-5H3,(H2,14,15,16). The van der Waals surface area contributed by atoms with E-state index in [4.69, 9.17) is 17.0 Å². The zero-order chi connectivity index (χ0) is 15.5. The molecule has 0 aliphatic heterocycles. The number of rotatable bonds is 6. The maximum absolute atomic E-state index is 12.2. The fourth-order valence-electron chi connectivity index (χ4n) is 1.89. The summed E-state index contributed by atoms with van der Waals surface area (Å²) in [6, 6.07) is 0. The van der Waals surface area contributed by atoms with E-state index in [1.54, 1.807) is 34.6 Å². The van der Waals surface area contributed by atoms with Gasteiger partial charge in [0.05, 0.1) is 6.42 Å². The second kappa shape index (κ2) is 6.44. The molecular weight excluding hydrogens is 287 g/mol. The smallest absolute Gasteiger partial charge is 0.339 e. The highest BCUT2D eigenvalue weighted by molar-refractivity contribution is 7.80. The number of ketones is 1. The Bertz CT molecular complexity index is 389. The Morgan fingerprint density at radius 3 is 1.89 bits per heavy atom. The van der Waals surface area contributed by atoms with Gasteiger partial charge in [-0.15, -0.1) is 0 Å². The lowest BCUT2D eigenvalue weighted by Crippen LogP contribution is -2.39. The van der Waals surface area contributed by atoms with Crippen molar-refractivity contribution in [2.45, 2.75) is 64.6 Å². The van der Waals surface area contributed by atoms with Gasteiger partial charge in [0.1, 0.15) is 10.8 Å². The molecule has 0 aliphatic carbocycles. The lowest BCUT2D eigenvalue weighted by Gasteiger charge is -2.31. The van der Waals surface area contributed by atoms with Crippen LogP contribution in [-0.4, -0.2) is 31.4 Å². The summed E-state index contributed by atoms with van der Waals surface area (Å²) < 4.78 is 17.0. The topological polar surface area (TPSA) is 83.8 Å². The number of thiocarbonyl (C=S) groups is 1. The molecule has 0 radical (unpaired) electrons. The first-order valence-corrected chi connectivity index (χ1v) is 8.22. The minimum atomic E-state index is -4.54. The van der Waals surface area contributed by atoms with Crippen LogP contribution in [-0.2, 0) is 14.1 Å². The number of Topliss-reactive ketones (excluding diaryl/α,β-unsaturated/α-hetero) is 1. The summed E-state index contributed by atoms with van der Waals surface area (Å²) in [6.45, 7) is 8.56. The number of ether oxygens (including phenoxy) is 1. The number of carbonyl (C=O) groups excluding carboxylic acids is 1. The van der Waals surface area contributed by atoms with Crippen molar-refractivity contribution in [2.24, 2.45) is 0 Å². The van der Waals surface area contributed by atoms with E-state index in [9.17, 15) is 19.1 Å². The number of hydrogen-bond donors (Lipinski definition) is 2. The normalized spacial score (nSPS) is 13.2. The molecule has 0 rings (SSSR count). The van der Waals surface area contributed by atoms with Crippen molar-refractivity contribution in [3.63, 3.8) is 0 Å². The maximum Gasteiger partial charge on any atom is 0.339 e. The van der Waals surface area contributed by atoms with Crippen LogP contribution >= 0.6 is 19.8 Å². The number of carbonyl (C=O) groups is 1. The SMILES string of the molecule is CCC(CC)(C(=O)CC(=S)OC(C)(C)C)P(=O)(O)O. The van der Waals surface area contributed by atoms with E-state index in [2.05, 4.69) is 0 Å². The third kappa shape index (κ3) is 4.95. The zero-order valence-corrected chi connectivity index (χ0v) is 13.8. The molecule has 5 nitrogen and oxygen atoms in total. The highest BCUT2D eigenvalue weighted by Crippen LogP contribution is 2.55. The largest absolute Gasteiger partial charge is 0.481 e. The summed E-state index contributed by atoms with van der Waals surface area (Å²) in [6.07, 6.45) is -0.102. The third-order valence-electron chi connectivity index (χ3n) is 2.97. The summed E-state index contributed by atoms with van der Waals surface area (Å²) in [5.74, 6) is -0.555. The van der Waals surface area contributed by atoms with Gasteiger partial charge in [-0.25, -0.2) is 0 Å². The van der Waals surface area contributed by atoms with Crippen molar-refractivity contribution in [1.29, 1.82) is 0 Å². The molecule has 0 amide bonds. The molecule has 19 heavy (non-hydrogen) atoms. The minimum Gasteiger partial charge on any atom is -0.481 e. The second-order valence-corrected chi connectivity index (χ2v) is 7.87. The molecule has 0 heterocycles. The summed E-state index contributed by atoms with van der Waals surface area (Å²) in [5, 5.41) is -1.59. The monoisotopic (exact) mass is 310 g/mol. The van der Waals surface area contributed by atoms with Crippen molar-refractivity contribution in [3.05, 3.63) is 0 Å². The van der Waals surface area contributed by atoms with Gasteiger partial charge in [0.2, 0.25) is 0 Å². The van der Waals surface area contributed by atoms with Crippen LogP contribution in [0, 0.1) is 0 Å². The molecule has 0 aromatic rings. The Kier molecular flexibility index (Phi) is 6.34. The number of hydrogen-bond acceptors (Lipinski definition) is 4. The predicted octanol–water partition coefficient (Wildman–Crippen LogP) is 2.82. The van der Waals surface area contributed by atoms with Gasteiger partial charge >= 0.3 is 7.60 Å². The van der Waals surface area contributed by atoms with Crippen molar-refractivity contribution in [3.8, 4) is 0 Å². The molecule has 0 atom stereocenters. The molecule has 7 heteroatoms. The van der Waals surface area contributed by atoms with E-state index in [1.165, 1.54) is 0 Å². The highest BCUT2D eigenvalue weighted by atomic mass is 32.1. The van der Waals surface area contributed by atoms with Gasteiger partial charge in [-0.1, -0.05) is 13.8 Å². The minimum absolute atomic E-state index is 0.0669. The highest BCUT2D eigenvalue weighted by Gasteiger charge is 2.50. The molecule has 0 saturated heterocycles. The average molecular weight is 310 g/mol. The Hall–Kier alpha value is -0.290. The van der Waals surface area contributed by atoms with Gasteiger partial charge < -0.3 is 14.5 Å². The molecule has 0 bridgehead atoms. The van der Waals surface area contributed by atoms with Crippen LogP contribution in [0.1, 0.15) is 53.9 Å². The van der Waals surface area contributed by atoms with Crippen LogP contribution in [0.3, 0.4) is 0 Å². The lowest BCUT2D eigenvalue weighted by atomic mass is 9.95. The first kappa shape index (κ1) is 18.7. The summed E-state index contributed by atoms with van der Waals surface area (Å²) in [7, 11) is -4.54. The first-order chi connectivity index (χ1) is 8.39. The van der Waals surface area contributed by atoms with Crippen LogP contribution < -0.4 is 0 Å². The molecule has 0 aromatic carbocycles. The Balaban J connectivity index is 5.07. The van der Waals surface area contributed by atoms with Gasteiger partial charge in [0.25, 0.3) is 0 Å². The Morgan fingerprint density at radius 1 is 1.21 bits per heavy atom. The van der Waals surface area contributed by atoms with Crippen molar-refractivity contribution < 1.29 is 23.9 Å². The van der Waals surface area contributed by atoms with Crippen molar-refractivity contribution in [1.82, 2.24) is 0 Å². The van der Waals surface area contributed by atoms with Gasteiger partial charge in [-0.3, -0.25) is 9.36 Å². The molecule has 0 fully saturated rings. The van der Waals surface area contributed by atoms with Crippen LogP contribution in [0.25, 0.3) is 0 Å². The van der Waals surface area contributed by atoms with E-state index in [1.807, 2.05) is 0 Å². The summed E-state index contributed by atoms with van der Waals surface area (Å²) in [4.78, 5) is 31.1. The molecule has 2 N–H and O–H groups in total. The Morgan fingerprint density at radius 2 is 1.63 bits per heavy atom. The predicted molar refractivity (Wildman–Crippen MR) is 78.4 cm³/mol. The third-order valence-corrected chi connectivity index (χ3v) is 5.20. The van der Waals surface area contributed by atoms with Crippen molar-refractivity contribution in [2.75, 3.05) is 0 Å². The van der Waals surface area contributed by atoms with Crippen LogP contribution in [0.4, 0.5) is 0 Å². The van der Waals surface area contributed by atoms with Crippen LogP contribution in [0.2, 0.25) is 0 Å².